The Morgan fingerprint density at radius 1 is 1.33 bits per heavy atom. The summed E-state index contributed by atoms with van der Waals surface area (Å²) in [5.74, 6) is -0.0233. The Bertz CT molecular complexity index is 926. The Hall–Kier alpha value is -3.04. The van der Waals surface area contributed by atoms with E-state index in [2.05, 4.69) is 25.8 Å². The Kier molecular flexibility index (Phi) is 4.95. The fourth-order valence-corrected chi connectivity index (χ4v) is 2.79. The average Bonchev–Trinajstić information content (AvgIpc) is 3.38. The highest BCUT2D eigenvalue weighted by atomic mass is 35.5. The fourth-order valence-electron chi connectivity index (χ4n) is 2.58. The van der Waals surface area contributed by atoms with Crippen LogP contribution in [0.1, 0.15) is 16.8 Å². The smallest absolute Gasteiger partial charge is 0.257 e. The molecule has 1 atom stereocenters. The molecule has 1 unspecified atom stereocenters. The number of hydrogen-bond donors (Lipinski definition) is 1. The van der Waals surface area contributed by atoms with E-state index in [1.54, 1.807) is 24.3 Å². The number of rotatable bonds is 5. The largest absolute Gasteiger partial charge is 0.471 e. The van der Waals surface area contributed by atoms with Crippen molar-refractivity contribution in [1.29, 1.82) is 0 Å². The number of nitrogens with zero attached hydrogens (tertiary/aromatic N) is 5. The number of benzene rings is 1. The van der Waals surface area contributed by atoms with Crippen molar-refractivity contribution in [3.05, 3.63) is 53.4 Å². The number of carbonyl (C=O) groups excluding carboxylic acids is 1. The number of anilines is 1. The van der Waals surface area contributed by atoms with Crippen molar-refractivity contribution in [3.63, 3.8) is 0 Å². The Morgan fingerprint density at radius 3 is 2.85 bits per heavy atom. The topological polar surface area (TPSA) is 104 Å². The summed E-state index contributed by atoms with van der Waals surface area (Å²) in [6.07, 6.45) is 3.65. The Balaban J connectivity index is 1.42. The van der Waals surface area contributed by atoms with Gasteiger partial charge in [0.15, 0.2) is 0 Å². The van der Waals surface area contributed by atoms with Gasteiger partial charge in [-0.3, -0.25) is 4.79 Å². The Labute approximate surface area is 159 Å². The van der Waals surface area contributed by atoms with Gasteiger partial charge in [-0.1, -0.05) is 11.6 Å². The van der Waals surface area contributed by atoms with Gasteiger partial charge in [0.25, 0.3) is 5.91 Å². The minimum Gasteiger partial charge on any atom is -0.471 e. The van der Waals surface area contributed by atoms with Gasteiger partial charge in [0.05, 0.1) is 24.5 Å². The maximum Gasteiger partial charge on any atom is 0.257 e. The average molecular weight is 387 g/mol. The highest BCUT2D eigenvalue weighted by molar-refractivity contribution is 6.32. The van der Waals surface area contributed by atoms with Crippen LogP contribution in [0.2, 0.25) is 5.02 Å². The van der Waals surface area contributed by atoms with E-state index >= 15 is 0 Å². The number of tetrazole rings is 1. The van der Waals surface area contributed by atoms with E-state index < -0.39 is 0 Å². The third-order valence-electron chi connectivity index (χ3n) is 3.97. The zero-order chi connectivity index (χ0) is 18.6. The highest BCUT2D eigenvalue weighted by Crippen LogP contribution is 2.25. The maximum absolute atomic E-state index is 12.4. The van der Waals surface area contributed by atoms with Gasteiger partial charge >= 0.3 is 0 Å². The van der Waals surface area contributed by atoms with Gasteiger partial charge in [-0.05, 0) is 40.8 Å². The first-order valence-electron chi connectivity index (χ1n) is 8.24. The van der Waals surface area contributed by atoms with Crippen LogP contribution >= 0.6 is 11.6 Å². The minimum absolute atomic E-state index is 0.0617. The van der Waals surface area contributed by atoms with E-state index in [-0.39, 0.29) is 17.0 Å². The summed E-state index contributed by atoms with van der Waals surface area (Å²) < 4.78 is 12.5. The van der Waals surface area contributed by atoms with Gasteiger partial charge in [0.1, 0.15) is 17.5 Å². The first-order chi connectivity index (χ1) is 13.2. The molecule has 1 saturated heterocycles. The van der Waals surface area contributed by atoms with Crippen LogP contribution in [0.3, 0.4) is 0 Å². The molecule has 10 heteroatoms. The van der Waals surface area contributed by atoms with Crippen molar-refractivity contribution in [3.8, 4) is 11.6 Å². The van der Waals surface area contributed by atoms with Crippen molar-refractivity contribution in [2.24, 2.45) is 0 Å². The lowest BCUT2D eigenvalue weighted by Gasteiger charge is -2.12. The van der Waals surface area contributed by atoms with Crippen molar-refractivity contribution < 1.29 is 14.3 Å². The fraction of sp³-hybridized carbons (Fsp3) is 0.235. The molecular weight excluding hydrogens is 372 g/mol. The number of hydrogen-bond acceptors (Lipinski definition) is 7. The lowest BCUT2D eigenvalue weighted by Crippen LogP contribution is -2.17. The SMILES string of the molecule is O=C(Nc1ccc(-n2cnnn2)cc1)c1cnc(OC2CCOC2)c(Cl)c1. The van der Waals surface area contributed by atoms with Gasteiger partial charge in [-0.15, -0.1) is 5.10 Å². The van der Waals surface area contributed by atoms with Crippen LogP contribution in [0, 0.1) is 0 Å². The summed E-state index contributed by atoms with van der Waals surface area (Å²) in [6, 6.07) is 8.61. The lowest BCUT2D eigenvalue weighted by molar-refractivity contribution is 0.102. The first-order valence-corrected chi connectivity index (χ1v) is 8.61. The van der Waals surface area contributed by atoms with Crippen LogP contribution < -0.4 is 10.1 Å². The molecule has 3 aromatic rings. The van der Waals surface area contributed by atoms with E-state index in [0.29, 0.717) is 30.3 Å². The number of aromatic nitrogens is 5. The molecule has 27 heavy (non-hydrogen) atoms. The normalized spacial score (nSPS) is 16.3. The van der Waals surface area contributed by atoms with E-state index in [4.69, 9.17) is 21.1 Å². The Morgan fingerprint density at radius 2 is 2.19 bits per heavy atom. The molecule has 3 heterocycles. The van der Waals surface area contributed by atoms with Crippen molar-refractivity contribution in [2.75, 3.05) is 18.5 Å². The predicted molar refractivity (Wildman–Crippen MR) is 96.2 cm³/mol. The second kappa shape index (κ2) is 7.68. The summed E-state index contributed by atoms with van der Waals surface area (Å²) in [7, 11) is 0. The molecule has 4 rings (SSSR count). The maximum atomic E-state index is 12.4. The molecular formula is C17H15ClN6O3. The molecule has 1 aliphatic heterocycles. The van der Waals surface area contributed by atoms with Crippen LogP contribution in [0.5, 0.6) is 5.88 Å². The molecule has 1 aliphatic rings. The van der Waals surface area contributed by atoms with Crippen LogP contribution in [0.25, 0.3) is 5.69 Å². The highest BCUT2D eigenvalue weighted by Gasteiger charge is 2.20. The second-order valence-electron chi connectivity index (χ2n) is 5.87. The number of nitrogens with one attached hydrogen (secondary N) is 1. The molecule has 0 bridgehead atoms. The molecule has 1 aromatic carbocycles. The molecule has 0 saturated carbocycles. The summed E-state index contributed by atoms with van der Waals surface area (Å²) >= 11 is 6.20. The van der Waals surface area contributed by atoms with Crippen LogP contribution in [-0.2, 0) is 4.74 Å². The third-order valence-corrected chi connectivity index (χ3v) is 4.25. The zero-order valence-electron chi connectivity index (χ0n) is 14.1. The van der Waals surface area contributed by atoms with Gasteiger partial charge in [-0.2, -0.15) is 0 Å². The second-order valence-corrected chi connectivity index (χ2v) is 6.28. The van der Waals surface area contributed by atoms with E-state index in [1.165, 1.54) is 23.3 Å². The molecule has 0 radical (unpaired) electrons. The monoisotopic (exact) mass is 386 g/mol. The number of amides is 1. The quantitative estimate of drug-likeness (QED) is 0.716. The molecule has 1 fully saturated rings. The van der Waals surface area contributed by atoms with E-state index in [1.807, 2.05) is 0 Å². The number of carbonyl (C=O) groups is 1. The van der Waals surface area contributed by atoms with E-state index in [0.717, 1.165) is 12.1 Å². The molecule has 1 amide bonds. The van der Waals surface area contributed by atoms with Crippen molar-refractivity contribution in [1.82, 2.24) is 25.2 Å². The van der Waals surface area contributed by atoms with Gasteiger partial charge in [0.2, 0.25) is 5.88 Å². The summed E-state index contributed by atoms with van der Waals surface area (Å²) in [5, 5.41) is 14.0. The predicted octanol–water partition coefficient (Wildman–Crippen LogP) is 2.13. The van der Waals surface area contributed by atoms with E-state index in [9.17, 15) is 4.79 Å². The number of halogens is 1. The van der Waals surface area contributed by atoms with Crippen LogP contribution in [-0.4, -0.2) is 50.4 Å². The molecule has 0 spiro atoms. The zero-order valence-corrected chi connectivity index (χ0v) is 14.8. The van der Waals surface area contributed by atoms with Crippen LogP contribution in [0.15, 0.2) is 42.9 Å². The van der Waals surface area contributed by atoms with Crippen LogP contribution in [0.4, 0.5) is 5.69 Å². The van der Waals surface area contributed by atoms with Crippen molar-refractivity contribution in [2.45, 2.75) is 12.5 Å². The van der Waals surface area contributed by atoms with Crippen molar-refractivity contribution >= 4 is 23.2 Å². The number of pyridine rings is 1. The molecule has 1 N–H and O–H groups in total. The van der Waals surface area contributed by atoms with Gasteiger partial charge in [0, 0.05) is 18.3 Å². The lowest BCUT2D eigenvalue weighted by atomic mass is 10.2. The summed E-state index contributed by atoms with van der Waals surface area (Å²) in [4.78, 5) is 16.6. The summed E-state index contributed by atoms with van der Waals surface area (Å²) in [5.41, 5.74) is 1.73. The van der Waals surface area contributed by atoms with Gasteiger partial charge < -0.3 is 14.8 Å². The number of ether oxygens (including phenoxy) is 2. The third kappa shape index (κ3) is 4.04. The molecule has 0 aliphatic carbocycles. The molecule has 9 nitrogen and oxygen atoms in total. The molecule has 138 valence electrons. The standard InChI is InChI=1S/C17H15ClN6O3/c18-15-7-11(8-19-17(15)27-14-5-6-26-9-14)16(25)21-12-1-3-13(4-2-12)24-10-20-22-23-24/h1-4,7-8,10,14H,5-6,9H2,(H,21,25). The van der Waals surface area contributed by atoms with Gasteiger partial charge in [-0.25, -0.2) is 9.67 Å². The first kappa shape index (κ1) is 17.4. The summed E-state index contributed by atoms with van der Waals surface area (Å²) in [6.45, 7) is 1.18. The molecule has 2 aromatic heterocycles. The minimum atomic E-state index is -0.324.